The zero-order valence-electron chi connectivity index (χ0n) is 16.4. The highest BCUT2D eigenvalue weighted by Crippen LogP contribution is 2.45. The number of para-hydroxylation sites is 1. The lowest BCUT2D eigenvalue weighted by Gasteiger charge is -2.44. The van der Waals surface area contributed by atoms with Crippen LogP contribution in [0.2, 0.25) is 5.02 Å². The second kappa shape index (κ2) is 8.46. The maximum Gasteiger partial charge on any atom is 0.415 e. The SMILES string of the molecule is O=C(Oc1ccccc1)N1CCCN(C(=O)C2(c3cccc(Cl)c3)CCC2)CC1. The molecule has 0 spiro atoms. The topological polar surface area (TPSA) is 49.9 Å². The Morgan fingerprint density at radius 2 is 1.59 bits per heavy atom. The van der Waals surface area contributed by atoms with Crippen LogP contribution in [0.3, 0.4) is 0 Å². The van der Waals surface area contributed by atoms with Gasteiger partial charge in [0.2, 0.25) is 5.91 Å². The van der Waals surface area contributed by atoms with E-state index in [2.05, 4.69) is 0 Å². The number of carbonyl (C=O) groups excluding carboxylic acids is 2. The Morgan fingerprint density at radius 3 is 2.28 bits per heavy atom. The van der Waals surface area contributed by atoms with Crippen LogP contribution in [0.25, 0.3) is 0 Å². The van der Waals surface area contributed by atoms with Crippen molar-refractivity contribution in [1.29, 1.82) is 0 Å². The summed E-state index contributed by atoms with van der Waals surface area (Å²) in [5.41, 5.74) is 0.538. The number of hydrogen-bond donors (Lipinski definition) is 0. The third-order valence-electron chi connectivity index (χ3n) is 5.98. The molecule has 2 amide bonds. The Hall–Kier alpha value is -2.53. The van der Waals surface area contributed by atoms with Gasteiger partial charge in [0.1, 0.15) is 5.75 Å². The molecule has 5 nitrogen and oxygen atoms in total. The fraction of sp³-hybridized carbons (Fsp3) is 0.391. The minimum atomic E-state index is -0.468. The third kappa shape index (κ3) is 4.10. The van der Waals surface area contributed by atoms with E-state index in [4.69, 9.17) is 16.3 Å². The van der Waals surface area contributed by atoms with Gasteiger partial charge in [-0.1, -0.05) is 48.4 Å². The molecular formula is C23H25ClN2O3. The number of benzene rings is 2. The van der Waals surface area contributed by atoms with Gasteiger partial charge in [0, 0.05) is 31.2 Å². The lowest BCUT2D eigenvalue weighted by Crippen LogP contribution is -2.52. The van der Waals surface area contributed by atoms with Gasteiger partial charge >= 0.3 is 6.09 Å². The molecule has 6 heteroatoms. The van der Waals surface area contributed by atoms with Gasteiger partial charge in [0.15, 0.2) is 0 Å². The number of amides is 2. The highest BCUT2D eigenvalue weighted by Gasteiger charge is 2.47. The highest BCUT2D eigenvalue weighted by atomic mass is 35.5. The fourth-order valence-corrected chi connectivity index (χ4v) is 4.39. The first-order valence-electron chi connectivity index (χ1n) is 10.2. The van der Waals surface area contributed by atoms with Crippen molar-refractivity contribution in [1.82, 2.24) is 9.80 Å². The van der Waals surface area contributed by atoms with Crippen LogP contribution in [0.5, 0.6) is 5.75 Å². The number of nitrogens with zero attached hydrogens (tertiary/aromatic N) is 2. The van der Waals surface area contributed by atoms with E-state index in [1.54, 1.807) is 17.0 Å². The molecule has 29 heavy (non-hydrogen) atoms. The van der Waals surface area contributed by atoms with Crippen molar-refractivity contribution in [2.24, 2.45) is 0 Å². The van der Waals surface area contributed by atoms with E-state index in [-0.39, 0.29) is 12.0 Å². The van der Waals surface area contributed by atoms with Crippen LogP contribution in [-0.2, 0) is 10.2 Å². The predicted molar refractivity (Wildman–Crippen MR) is 112 cm³/mol. The van der Waals surface area contributed by atoms with Crippen molar-refractivity contribution >= 4 is 23.6 Å². The van der Waals surface area contributed by atoms with Crippen molar-refractivity contribution in [3.05, 3.63) is 65.2 Å². The number of rotatable bonds is 3. The Morgan fingerprint density at radius 1 is 0.862 bits per heavy atom. The summed E-state index contributed by atoms with van der Waals surface area (Å²) < 4.78 is 5.46. The van der Waals surface area contributed by atoms with Crippen LogP contribution in [0.4, 0.5) is 4.79 Å². The van der Waals surface area contributed by atoms with Gasteiger partial charge in [-0.05, 0) is 49.1 Å². The predicted octanol–water partition coefficient (Wildman–Crippen LogP) is 4.50. The summed E-state index contributed by atoms with van der Waals surface area (Å²) in [7, 11) is 0. The van der Waals surface area contributed by atoms with E-state index < -0.39 is 5.41 Å². The molecule has 1 saturated carbocycles. The van der Waals surface area contributed by atoms with Crippen molar-refractivity contribution in [2.45, 2.75) is 31.1 Å². The van der Waals surface area contributed by atoms with Crippen molar-refractivity contribution in [3.8, 4) is 5.75 Å². The van der Waals surface area contributed by atoms with Gasteiger partial charge in [-0.3, -0.25) is 4.79 Å². The molecule has 0 N–H and O–H groups in total. The van der Waals surface area contributed by atoms with Crippen molar-refractivity contribution < 1.29 is 14.3 Å². The summed E-state index contributed by atoms with van der Waals surface area (Å²) in [4.78, 5) is 29.6. The molecule has 0 aromatic heterocycles. The van der Waals surface area contributed by atoms with Gasteiger partial charge in [-0.2, -0.15) is 0 Å². The first-order chi connectivity index (χ1) is 14.1. The van der Waals surface area contributed by atoms with E-state index in [0.717, 1.165) is 31.2 Å². The molecule has 0 radical (unpaired) electrons. The van der Waals surface area contributed by atoms with Crippen LogP contribution >= 0.6 is 11.6 Å². The Labute approximate surface area is 176 Å². The molecule has 0 atom stereocenters. The van der Waals surface area contributed by atoms with Crippen LogP contribution in [0, 0.1) is 0 Å². The second-order valence-electron chi connectivity index (χ2n) is 7.76. The van der Waals surface area contributed by atoms with Crippen LogP contribution in [-0.4, -0.2) is 48.0 Å². The molecule has 2 aromatic rings. The Bertz CT molecular complexity index is 883. The summed E-state index contributed by atoms with van der Waals surface area (Å²) >= 11 is 6.19. The normalized spacial score (nSPS) is 18.5. The summed E-state index contributed by atoms with van der Waals surface area (Å²) in [6.45, 7) is 2.23. The summed E-state index contributed by atoms with van der Waals surface area (Å²) in [5, 5.41) is 0.660. The number of carbonyl (C=O) groups is 2. The van der Waals surface area contributed by atoms with Crippen LogP contribution < -0.4 is 4.74 Å². The van der Waals surface area contributed by atoms with Crippen molar-refractivity contribution in [3.63, 3.8) is 0 Å². The van der Waals surface area contributed by atoms with Gasteiger partial charge < -0.3 is 14.5 Å². The number of ether oxygens (including phenoxy) is 1. The van der Waals surface area contributed by atoms with Gasteiger partial charge in [-0.15, -0.1) is 0 Å². The molecule has 2 aromatic carbocycles. The quantitative estimate of drug-likeness (QED) is 0.746. The zero-order valence-corrected chi connectivity index (χ0v) is 17.1. The molecule has 152 valence electrons. The van der Waals surface area contributed by atoms with Gasteiger partial charge in [0.05, 0.1) is 5.41 Å². The molecular weight excluding hydrogens is 388 g/mol. The molecule has 0 bridgehead atoms. The van der Waals surface area contributed by atoms with E-state index in [1.165, 1.54) is 0 Å². The first kappa shape index (κ1) is 19.8. The monoisotopic (exact) mass is 412 g/mol. The van der Waals surface area contributed by atoms with E-state index in [9.17, 15) is 9.59 Å². The lowest BCUT2D eigenvalue weighted by atomic mass is 9.63. The van der Waals surface area contributed by atoms with E-state index in [0.29, 0.717) is 37.0 Å². The average Bonchev–Trinajstić information content (AvgIpc) is 2.94. The summed E-state index contributed by atoms with van der Waals surface area (Å²) in [6.07, 6.45) is 3.12. The Kier molecular flexibility index (Phi) is 5.76. The molecule has 2 aliphatic rings. The van der Waals surface area contributed by atoms with E-state index >= 15 is 0 Å². The second-order valence-corrected chi connectivity index (χ2v) is 8.20. The molecule has 1 saturated heterocycles. The highest BCUT2D eigenvalue weighted by molar-refractivity contribution is 6.30. The maximum absolute atomic E-state index is 13.5. The molecule has 2 fully saturated rings. The largest absolute Gasteiger partial charge is 0.415 e. The molecule has 0 unspecified atom stereocenters. The van der Waals surface area contributed by atoms with Gasteiger partial charge in [-0.25, -0.2) is 4.79 Å². The van der Waals surface area contributed by atoms with Gasteiger partial charge in [0.25, 0.3) is 0 Å². The van der Waals surface area contributed by atoms with Crippen molar-refractivity contribution in [2.75, 3.05) is 26.2 Å². The standard InChI is InChI=1S/C23H25ClN2O3/c24-19-8-4-7-18(17-19)23(11-5-12-23)21(27)25-13-6-14-26(16-15-25)22(28)29-20-9-2-1-3-10-20/h1-4,7-10,17H,5-6,11-16H2. The maximum atomic E-state index is 13.5. The average molecular weight is 413 g/mol. The van der Waals surface area contributed by atoms with Crippen LogP contribution in [0.15, 0.2) is 54.6 Å². The fourth-order valence-electron chi connectivity index (χ4n) is 4.20. The Balaban J connectivity index is 1.42. The molecule has 4 rings (SSSR count). The zero-order chi connectivity index (χ0) is 20.3. The smallest absolute Gasteiger partial charge is 0.410 e. The molecule has 1 aliphatic carbocycles. The minimum Gasteiger partial charge on any atom is -0.410 e. The van der Waals surface area contributed by atoms with Crippen LogP contribution in [0.1, 0.15) is 31.2 Å². The summed E-state index contributed by atoms with van der Waals surface area (Å²) in [5.74, 6) is 0.688. The molecule has 1 aliphatic heterocycles. The van der Waals surface area contributed by atoms with E-state index in [1.807, 2.05) is 47.4 Å². The number of halogens is 1. The summed E-state index contributed by atoms with van der Waals surface area (Å²) in [6, 6.07) is 16.7. The minimum absolute atomic E-state index is 0.157. The third-order valence-corrected chi connectivity index (χ3v) is 6.22. The lowest BCUT2D eigenvalue weighted by molar-refractivity contribution is -0.140. The number of hydrogen-bond acceptors (Lipinski definition) is 3. The first-order valence-corrected chi connectivity index (χ1v) is 10.5. The molecule has 1 heterocycles.